The number of hydrogen-bond acceptors (Lipinski definition) is 3. The molecule has 1 saturated carbocycles. The molecule has 2 aromatic heterocycles. The lowest BCUT2D eigenvalue weighted by Gasteiger charge is -2.06. The maximum atomic E-state index is 6.01. The van der Waals surface area contributed by atoms with Crippen LogP contribution in [0.5, 0.6) is 0 Å². The first-order chi connectivity index (χ1) is 8.28. The van der Waals surface area contributed by atoms with Crippen molar-refractivity contribution >= 4 is 11.6 Å². The Kier molecular flexibility index (Phi) is 2.59. The van der Waals surface area contributed by atoms with Gasteiger partial charge in [0.15, 0.2) is 5.82 Å². The third-order valence-electron chi connectivity index (χ3n) is 2.95. The van der Waals surface area contributed by atoms with Crippen molar-refractivity contribution in [3.05, 3.63) is 29.4 Å². The van der Waals surface area contributed by atoms with Gasteiger partial charge < -0.3 is 4.57 Å². The number of aryl methyl sites for hydroxylation is 1. The van der Waals surface area contributed by atoms with Gasteiger partial charge in [-0.15, -0.1) is 0 Å². The van der Waals surface area contributed by atoms with Crippen LogP contribution in [0.25, 0.3) is 11.5 Å². The van der Waals surface area contributed by atoms with Crippen LogP contribution in [0.1, 0.15) is 31.5 Å². The Labute approximate surface area is 105 Å². The van der Waals surface area contributed by atoms with E-state index in [0.717, 1.165) is 17.8 Å². The molecule has 0 N–H and O–H groups in total. The first kappa shape index (κ1) is 10.7. The van der Waals surface area contributed by atoms with Crippen molar-refractivity contribution in [3.63, 3.8) is 0 Å². The summed E-state index contributed by atoms with van der Waals surface area (Å²) in [6.07, 6.45) is 6.94. The van der Waals surface area contributed by atoms with Crippen molar-refractivity contribution in [2.24, 2.45) is 0 Å². The average molecular weight is 249 g/mol. The zero-order chi connectivity index (χ0) is 11.8. The number of rotatable bonds is 3. The number of nitrogens with zero attached hydrogens (tertiary/aromatic N) is 4. The lowest BCUT2D eigenvalue weighted by Crippen LogP contribution is -2.00. The Bertz CT molecular complexity index is 545. The van der Waals surface area contributed by atoms with Gasteiger partial charge in [-0.05, 0) is 25.3 Å². The fraction of sp³-hybridized carbons (Fsp3) is 0.417. The molecule has 1 aliphatic rings. The highest BCUT2D eigenvalue weighted by atomic mass is 35.5. The number of hydrogen-bond donors (Lipinski definition) is 0. The largest absolute Gasteiger partial charge is 0.325 e. The third-order valence-corrected chi connectivity index (χ3v) is 3.14. The van der Waals surface area contributed by atoms with E-state index in [0.29, 0.717) is 17.0 Å². The lowest BCUT2D eigenvalue weighted by molar-refractivity contribution is 0.742. The third kappa shape index (κ3) is 2.05. The molecule has 1 fully saturated rings. The lowest BCUT2D eigenvalue weighted by atomic mass is 10.3. The fourth-order valence-electron chi connectivity index (χ4n) is 1.88. The highest BCUT2D eigenvalue weighted by Gasteiger charge is 2.26. The first-order valence-corrected chi connectivity index (χ1v) is 6.21. The van der Waals surface area contributed by atoms with Gasteiger partial charge >= 0.3 is 0 Å². The normalized spacial score (nSPS) is 15.2. The first-order valence-electron chi connectivity index (χ1n) is 5.83. The smallest absolute Gasteiger partial charge is 0.179 e. The van der Waals surface area contributed by atoms with Gasteiger partial charge in [0.25, 0.3) is 0 Å². The summed E-state index contributed by atoms with van der Waals surface area (Å²) in [6, 6.07) is 2.38. The maximum Gasteiger partial charge on any atom is 0.179 e. The van der Waals surface area contributed by atoms with Crippen molar-refractivity contribution < 1.29 is 0 Å². The number of halogens is 1. The molecule has 3 rings (SSSR count). The van der Waals surface area contributed by atoms with Gasteiger partial charge in [0, 0.05) is 11.7 Å². The van der Waals surface area contributed by atoms with Crippen LogP contribution in [-0.4, -0.2) is 19.5 Å². The van der Waals surface area contributed by atoms with Gasteiger partial charge in [0.1, 0.15) is 10.8 Å². The summed E-state index contributed by atoms with van der Waals surface area (Å²) in [4.78, 5) is 13.0. The molecule has 1 aliphatic carbocycles. The van der Waals surface area contributed by atoms with Crippen molar-refractivity contribution in [1.82, 2.24) is 19.5 Å². The topological polar surface area (TPSA) is 43.6 Å². The maximum absolute atomic E-state index is 6.01. The van der Waals surface area contributed by atoms with Crippen LogP contribution in [0.15, 0.2) is 18.6 Å². The Morgan fingerprint density at radius 1 is 1.41 bits per heavy atom. The molecule has 5 heteroatoms. The SMILES string of the molecule is CCc1cc(Cl)nc(-c2cncn2C2CC2)n1. The predicted octanol–water partition coefficient (Wildman–Crippen LogP) is 2.89. The minimum absolute atomic E-state index is 0.496. The van der Waals surface area contributed by atoms with Gasteiger partial charge in [-0.2, -0.15) is 0 Å². The highest BCUT2D eigenvalue weighted by Crippen LogP contribution is 2.37. The molecule has 0 bridgehead atoms. The summed E-state index contributed by atoms with van der Waals surface area (Å²) in [6.45, 7) is 2.06. The van der Waals surface area contributed by atoms with E-state index < -0.39 is 0 Å². The minimum Gasteiger partial charge on any atom is -0.325 e. The molecule has 0 amide bonds. The predicted molar refractivity (Wildman–Crippen MR) is 65.9 cm³/mol. The summed E-state index contributed by atoms with van der Waals surface area (Å²) < 4.78 is 2.14. The molecular formula is C12H13ClN4. The molecule has 17 heavy (non-hydrogen) atoms. The Morgan fingerprint density at radius 3 is 2.94 bits per heavy atom. The minimum atomic E-state index is 0.496. The number of imidazole rings is 1. The molecule has 0 aliphatic heterocycles. The Balaban J connectivity index is 2.07. The summed E-state index contributed by atoms with van der Waals surface area (Å²) in [7, 11) is 0. The molecule has 4 nitrogen and oxygen atoms in total. The highest BCUT2D eigenvalue weighted by molar-refractivity contribution is 6.29. The van der Waals surface area contributed by atoms with Gasteiger partial charge in [0.2, 0.25) is 0 Å². The van der Waals surface area contributed by atoms with Gasteiger partial charge in [-0.25, -0.2) is 15.0 Å². The van der Waals surface area contributed by atoms with Crippen LogP contribution in [0.2, 0.25) is 5.15 Å². The average Bonchev–Trinajstić information content (AvgIpc) is 3.06. The van der Waals surface area contributed by atoms with E-state index in [-0.39, 0.29) is 0 Å². The zero-order valence-corrected chi connectivity index (χ0v) is 10.4. The van der Waals surface area contributed by atoms with Crippen molar-refractivity contribution in [2.45, 2.75) is 32.2 Å². The van der Waals surface area contributed by atoms with E-state index in [4.69, 9.17) is 11.6 Å². The molecule has 0 saturated heterocycles. The molecule has 2 heterocycles. The molecule has 88 valence electrons. The van der Waals surface area contributed by atoms with Crippen LogP contribution in [0.4, 0.5) is 0 Å². The van der Waals surface area contributed by atoms with Crippen LogP contribution in [-0.2, 0) is 6.42 Å². The van der Waals surface area contributed by atoms with Crippen molar-refractivity contribution in [3.8, 4) is 11.5 Å². The van der Waals surface area contributed by atoms with Gasteiger partial charge in [-0.3, -0.25) is 0 Å². The summed E-state index contributed by atoms with van der Waals surface area (Å²) in [5.74, 6) is 0.679. The van der Waals surface area contributed by atoms with Gasteiger partial charge in [0.05, 0.1) is 12.5 Å². The van der Waals surface area contributed by atoms with E-state index >= 15 is 0 Å². The Hall–Kier alpha value is -1.42. The van der Waals surface area contributed by atoms with Crippen molar-refractivity contribution in [1.29, 1.82) is 0 Å². The van der Waals surface area contributed by atoms with Crippen LogP contribution < -0.4 is 0 Å². The van der Waals surface area contributed by atoms with E-state index in [1.807, 2.05) is 18.6 Å². The van der Waals surface area contributed by atoms with Gasteiger partial charge in [-0.1, -0.05) is 18.5 Å². The Morgan fingerprint density at radius 2 is 2.24 bits per heavy atom. The fourth-order valence-corrected chi connectivity index (χ4v) is 2.09. The molecule has 0 unspecified atom stereocenters. The van der Waals surface area contributed by atoms with E-state index in [1.54, 1.807) is 0 Å². The molecule has 0 radical (unpaired) electrons. The van der Waals surface area contributed by atoms with Crippen LogP contribution in [0.3, 0.4) is 0 Å². The number of aromatic nitrogens is 4. The summed E-state index contributed by atoms with van der Waals surface area (Å²) in [5.41, 5.74) is 1.92. The van der Waals surface area contributed by atoms with E-state index in [1.165, 1.54) is 12.8 Å². The van der Waals surface area contributed by atoms with Crippen LogP contribution in [0, 0.1) is 0 Å². The summed E-state index contributed by atoms with van der Waals surface area (Å²) in [5, 5.41) is 0.496. The van der Waals surface area contributed by atoms with E-state index in [2.05, 4.69) is 26.4 Å². The quantitative estimate of drug-likeness (QED) is 0.785. The zero-order valence-electron chi connectivity index (χ0n) is 9.60. The standard InChI is InChI=1S/C12H13ClN4/c1-2-8-5-11(13)16-12(15-8)10-6-14-7-17(10)9-3-4-9/h5-7,9H,2-4H2,1H3. The molecular weight excluding hydrogens is 236 g/mol. The second-order valence-corrected chi connectivity index (χ2v) is 4.66. The molecule has 2 aromatic rings. The van der Waals surface area contributed by atoms with Crippen LogP contribution >= 0.6 is 11.6 Å². The second kappa shape index (κ2) is 4.11. The van der Waals surface area contributed by atoms with E-state index in [9.17, 15) is 0 Å². The summed E-state index contributed by atoms with van der Waals surface area (Å²) >= 11 is 6.01. The molecule has 0 spiro atoms. The molecule has 0 aromatic carbocycles. The second-order valence-electron chi connectivity index (χ2n) is 4.28. The molecule has 0 atom stereocenters. The monoisotopic (exact) mass is 248 g/mol. The van der Waals surface area contributed by atoms with Crippen molar-refractivity contribution in [2.75, 3.05) is 0 Å².